The molecule has 2 atom stereocenters. The van der Waals surface area contributed by atoms with E-state index in [1.165, 1.54) is 13.5 Å². The van der Waals surface area contributed by atoms with E-state index in [-0.39, 0.29) is 12.0 Å². The Bertz CT molecular complexity index is 182. The van der Waals surface area contributed by atoms with Gasteiger partial charge in [0.1, 0.15) is 0 Å². The second kappa shape index (κ2) is 7.69. The van der Waals surface area contributed by atoms with Gasteiger partial charge in [-0.25, -0.2) is 0 Å². The van der Waals surface area contributed by atoms with Gasteiger partial charge in [0.2, 0.25) is 0 Å². The first-order valence-corrected chi connectivity index (χ1v) is 5.85. The number of ether oxygens (including phenoxy) is 1. The average molecular weight is 215 g/mol. The second-order valence-corrected chi connectivity index (χ2v) is 4.23. The summed E-state index contributed by atoms with van der Waals surface area (Å²) in [5, 5.41) is 0. The van der Waals surface area contributed by atoms with E-state index in [0.717, 1.165) is 13.1 Å². The topological polar surface area (TPSA) is 29.5 Å². The highest BCUT2D eigenvalue weighted by Gasteiger charge is 2.17. The lowest BCUT2D eigenvalue weighted by Crippen LogP contribution is -2.37. The lowest BCUT2D eigenvalue weighted by atomic mass is 10.1. The molecule has 90 valence electrons. The van der Waals surface area contributed by atoms with Gasteiger partial charge in [-0.15, -0.1) is 0 Å². The van der Waals surface area contributed by atoms with Crippen LogP contribution in [0.25, 0.3) is 0 Å². The van der Waals surface area contributed by atoms with Crippen molar-refractivity contribution in [3.8, 4) is 0 Å². The quantitative estimate of drug-likeness (QED) is 0.610. The Hall–Kier alpha value is -0.570. The number of methoxy groups -OCH3 is 1. The van der Waals surface area contributed by atoms with E-state index in [0.29, 0.717) is 12.3 Å². The van der Waals surface area contributed by atoms with E-state index in [9.17, 15) is 4.79 Å². The van der Waals surface area contributed by atoms with Gasteiger partial charge >= 0.3 is 5.97 Å². The molecule has 0 aromatic heterocycles. The Balaban J connectivity index is 4.09. The molecule has 0 amide bonds. The molecule has 2 unspecified atom stereocenters. The van der Waals surface area contributed by atoms with E-state index in [4.69, 9.17) is 0 Å². The van der Waals surface area contributed by atoms with Gasteiger partial charge in [0.15, 0.2) is 0 Å². The first kappa shape index (κ1) is 14.4. The normalized spacial score (nSPS) is 15.1. The Labute approximate surface area is 93.8 Å². The zero-order chi connectivity index (χ0) is 11.8. The van der Waals surface area contributed by atoms with Crippen molar-refractivity contribution < 1.29 is 9.53 Å². The smallest absolute Gasteiger partial charge is 0.307 e. The molecule has 0 aromatic rings. The molecule has 0 fully saturated rings. The summed E-state index contributed by atoms with van der Waals surface area (Å²) >= 11 is 0. The largest absolute Gasteiger partial charge is 0.469 e. The number of carbonyl (C=O) groups is 1. The predicted molar refractivity (Wildman–Crippen MR) is 62.8 cm³/mol. The fourth-order valence-electron chi connectivity index (χ4n) is 1.60. The van der Waals surface area contributed by atoms with Crippen LogP contribution in [0.1, 0.15) is 40.5 Å². The van der Waals surface area contributed by atoms with Crippen molar-refractivity contribution >= 4 is 5.97 Å². The van der Waals surface area contributed by atoms with Gasteiger partial charge in [0, 0.05) is 12.6 Å². The predicted octanol–water partition coefficient (Wildman–Crippen LogP) is 2.31. The molecule has 15 heavy (non-hydrogen) atoms. The van der Waals surface area contributed by atoms with E-state index >= 15 is 0 Å². The first-order valence-electron chi connectivity index (χ1n) is 5.85. The number of hydrogen-bond acceptors (Lipinski definition) is 3. The van der Waals surface area contributed by atoms with Gasteiger partial charge in [-0.05, 0) is 19.4 Å². The minimum atomic E-state index is -0.120. The number of carbonyl (C=O) groups excluding carboxylic acids is 1. The summed E-state index contributed by atoms with van der Waals surface area (Å²) in [7, 11) is 1.44. The van der Waals surface area contributed by atoms with Crippen molar-refractivity contribution in [2.24, 2.45) is 5.92 Å². The molecule has 0 rings (SSSR count). The fraction of sp³-hybridized carbons (Fsp3) is 0.917. The van der Waals surface area contributed by atoms with Gasteiger partial charge in [0.25, 0.3) is 0 Å². The number of rotatable bonds is 7. The van der Waals surface area contributed by atoms with Crippen molar-refractivity contribution in [2.45, 2.75) is 46.6 Å². The van der Waals surface area contributed by atoms with Crippen LogP contribution >= 0.6 is 0 Å². The molecule has 0 aliphatic rings. The molecule has 0 heterocycles. The van der Waals surface area contributed by atoms with Crippen LogP contribution in [0.4, 0.5) is 0 Å². The van der Waals surface area contributed by atoms with Crippen molar-refractivity contribution in [1.82, 2.24) is 4.90 Å². The highest BCUT2D eigenvalue weighted by atomic mass is 16.5. The third kappa shape index (κ3) is 5.78. The van der Waals surface area contributed by atoms with E-state index in [1.54, 1.807) is 0 Å². The van der Waals surface area contributed by atoms with Gasteiger partial charge in [-0.1, -0.05) is 27.2 Å². The third-order valence-corrected chi connectivity index (χ3v) is 2.96. The van der Waals surface area contributed by atoms with Gasteiger partial charge < -0.3 is 9.64 Å². The molecule has 3 heteroatoms. The van der Waals surface area contributed by atoms with Crippen molar-refractivity contribution in [2.75, 3.05) is 20.2 Å². The maximum absolute atomic E-state index is 11.1. The summed E-state index contributed by atoms with van der Waals surface area (Å²) in [5.41, 5.74) is 0. The number of nitrogens with zero attached hydrogens (tertiary/aromatic N) is 1. The van der Waals surface area contributed by atoms with Crippen LogP contribution in [-0.4, -0.2) is 37.1 Å². The highest BCUT2D eigenvalue weighted by Crippen LogP contribution is 2.10. The minimum Gasteiger partial charge on any atom is -0.469 e. The van der Waals surface area contributed by atoms with E-state index in [1.807, 2.05) is 0 Å². The Morgan fingerprint density at radius 2 is 1.93 bits per heavy atom. The lowest BCUT2D eigenvalue weighted by molar-refractivity contribution is -0.141. The Morgan fingerprint density at radius 1 is 1.33 bits per heavy atom. The molecule has 0 N–H and O–H groups in total. The second-order valence-electron chi connectivity index (χ2n) is 4.23. The molecular formula is C12H25NO2. The van der Waals surface area contributed by atoms with Crippen LogP contribution in [0.3, 0.4) is 0 Å². The molecule has 0 saturated carbocycles. The molecule has 0 radical (unpaired) electrons. The number of esters is 1. The highest BCUT2D eigenvalue weighted by molar-refractivity contribution is 5.69. The maximum Gasteiger partial charge on any atom is 0.307 e. The summed E-state index contributed by atoms with van der Waals surface area (Å²) in [6.45, 7) is 10.7. The minimum absolute atomic E-state index is 0.120. The van der Waals surface area contributed by atoms with Crippen LogP contribution in [0.15, 0.2) is 0 Å². The zero-order valence-electron chi connectivity index (χ0n) is 10.7. The molecule has 3 nitrogen and oxygen atoms in total. The van der Waals surface area contributed by atoms with E-state index in [2.05, 4.69) is 37.3 Å². The standard InChI is InChI=1S/C12H25NO2/c1-6-10(3)9-13(7-2)11(4)8-12(14)15-5/h10-11H,6-9H2,1-5H3. The fourth-order valence-corrected chi connectivity index (χ4v) is 1.60. The average Bonchev–Trinajstić information content (AvgIpc) is 2.24. The molecule has 0 aromatic carbocycles. The van der Waals surface area contributed by atoms with Crippen molar-refractivity contribution in [3.63, 3.8) is 0 Å². The van der Waals surface area contributed by atoms with Crippen molar-refractivity contribution in [1.29, 1.82) is 0 Å². The van der Waals surface area contributed by atoms with Crippen LogP contribution in [-0.2, 0) is 9.53 Å². The monoisotopic (exact) mass is 215 g/mol. The third-order valence-electron chi connectivity index (χ3n) is 2.96. The number of hydrogen-bond donors (Lipinski definition) is 0. The first-order chi connectivity index (χ1) is 7.04. The zero-order valence-corrected chi connectivity index (χ0v) is 10.7. The summed E-state index contributed by atoms with van der Waals surface area (Å²) in [6.07, 6.45) is 1.67. The molecule has 0 bridgehead atoms. The Morgan fingerprint density at radius 3 is 2.33 bits per heavy atom. The van der Waals surface area contributed by atoms with Crippen LogP contribution in [0.5, 0.6) is 0 Å². The maximum atomic E-state index is 11.1. The summed E-state index contributed by atoms with van der Waals surface area (Å²) in [6, 6.07) is 0.274. The van der Waals surface area contributed by atoms with Gasteiger partial charge in [-0.3, -0.25) is 4.79 Å². The van der Waals surface area contributed by atoms with Crippen LogP contribution < -0.4 is 0 Å². The molecule has 0 saturated heterocycles. The molecule has 0 aliphatic heterocycles. The van der Waals surface area contributed by atoms with Crippen LogP contribution in [0.2, 0.25) is 0 Å². The molecule has 0 aliphatic carbocycles. The SMILES string of the molecule is CCC(C)CN(CC)C(C)CC(=O)OC. The lowest BCUT2D eigenvalue weighted by Gasteiger charge is -2.29. The summed E-state index contributed by atoms with van der Waals surface area (Å²) in [4.78, 5) is 13.5. The summed E-state index contributed by atoms with van der Waals surface area (Å²) in [5.74, 6) is 0.565. The Kier molecular flexibility index (Phi) is 7.39. The molecule has 0 spiro atoms. The molecular weight excluding hydrogens is 190 g/mol. The van der Waals surface area contributed by atoms with Gasteiger partial charge in [-0.2, -0.15) is 0 Å². The van der Waals surface area contributed by atoms with Crippen LogP contribution in [0, 0.1) is 5.92 Å². The van der Waals surface area contributed by atoms with E-state index < -0.39 is 0 Å². The summed E-state index contributed by atoms with van der Waals surface area (Å²) < 4.78 is 4.68. The van der Waals surface area contributed by atoms with Gasteiger partial charge in [0.05, 0.1) is 13.5 Å². The van der Waals surface area contributed by atoms with Crippen molar-refractivity contribution in [3.05, 3.63) is 0 Å².